The van der Waals surface area contributed by atoms with Gasteiger partial charge in [0, 0.05) is 31.5 Å². The molecule has 2 aromatic heterocycles. The molecule has 0 spiro atoms. The molecule has 1 aliphatic rings. The second kappa shape index (κ2) is 7.88. The van der Waals surface area contributed by atoms with Crippen molar-refractivity contribution in [3.8, 4) is 5.75 Å². The van der Waals surface area contributed by atoms with Gasteiger partial charge in [-0.25, -0.2) is 4.98 Å². The van der Waals surface area contributed by atoms with Crippen LogP contribution in [0.1, 0.15) is 18.4 Å². The van der Waals surface area contributed by atoms with Gasteiger partial charge in [-0.2, -0.15) is 0 Å². The zero-order chi connectivity index (χ0) is 18.6. The second-order valence-electron chi connectivity index (χ2n) is 7.17. The van der Waals surface area contributed by atoms with E-state index in [0.717, 1.165) is 39.0 Å². The summed E-state index contributed by atoms with van der Waals surface area (Å²) < 4.78 is 6.97. The smallest absolute Gasteiger partial charge is 0.261 e. The maximum Gasteiger partial charge on any atom is 0.261 e. The number of benzene rings is 1. The van der Waals surface area contributed by atoms with Crippen LogP contribution in [0.5, 0.6) is 5.75 Å². The summed E-state index contributed by atoms with van der Waals surface area (Å²) in [6.07, 6.45) is 7.59. The number of likely N-dealkylation sites (tertiary alicyclic amines) is 1. The molecule has 3 aromatic rings. The van der Waals surface area contributed by atoms with Crippen LogP contribution in [-0.4, -0.2) is 39.6 Å². The molecule has 1 fully saturated rings. The van der Waals surface area contributed by atoms with Gasteiger partial charge in [0.2, 0.25) is 0 Å². The van der Waals surface area contributed by atoms with Crippen LogP contribution < -0.4 is 10.3 Å². The Labute approximate surface area is 158 Å². The fraction of sp³-hybridized carbons (Fsp3) is 0.381. The summed E-state index contributed by atoms with van der Waals surface area (Å²) in [6.45, 7) is 3.77. The molecule has 0 atom stereocenters. The highest BCUT2D eigenvalue weighted by Gasteiger charge is 2.20. The predicted octanol–water partition coefficient (Wildman–Crippen LogP) is 2.71. The maximum atomic E-state index is 12.8. The van der Waals surface area contributed by atoms with Crippen LogP contribution in [0, 0.1) is 5.92 Å². The lowest BCUT2D eigenvalue weighted by Gasteiger charge is -2.32. The quantitative estimate of drug-likeness (QED) is 0.697. The number of rotatable bonds is 5. The standard InChI is InChI=1S/C21H24N4O2/c1-27-18-4-5-19-20(11-18)23-15-25(21(19)26)14-16-6-9-24(10-7-16)13-17-3-2-8-22-12-17/h2-5,8,11-12,15-16H,6-7,9-10,13-14H2,1H3. The lowest BCUT2D eigenvalue weighted by Crippen LogP contribution is -2.36. The van der Waals surface area contributed by atoms with E-state index in [0.29, 0.717) is 22.6 Å². The first-order valence-corrected chi connectivity index (χ1v) is 9.37. The molecule has 0 unspecified atom stereocenters. The van der Waals surface area contributed by atoms with Gasteiger partial charge in [-0.15, -0.1) is 0 Å². The normalized spacial score (nSPS) is 15.9. The van der Waals surface area contributed by atoms with E-state index in [1.54, 1.807) is 36.3 Å². The van der Waals surface area contributed by atoms with Gasteiger partial charge < -0.3 is 4.74 Å². The van der Waals surface area contributed by atoms with Crippen LogP contribution in [0.2, 0.25) is 0 Å². The zero-order valence-corrected chi connectivity index (χ0v) is 15.5. The Morgan fingerprint density at radius 2 is 2.07 bits per heavy atom. The molecule has 3 heterocycles. The highest BCUT2D eigenvalue weighted by molar-refractivity contribution is 5.78. The SMILES string of the molecule is COc1ccc2c(=O)n(CC3CCN(Cc4cccnc4)CC3)cnc2c1. The Bertz CT molecular complexity index is 963. The topological polar surface area (TPSA) is 60.2 Å². The van der Waals surface area contributed by atoms with Gasteiger partial charge in [0.25, 0.3) is 5.56 Å². The molecule has 6 nitrogen and oxygen atoms in total. The summed E-state index contributed by atoms with van der Waals surface area (Å²) in [5.41, 5.74) is 1.96. The van der Waals surface area contributed by atoms with Gasteiger partial charge in [-0.1, -0.05) is 6.07 Å². The third-order valence-electron chi connectivity index (χ3n) is 5.32. The van der Waals surface area contributed by atoms with Crippen LogP contribution in [0.3, 0.4) is 0 Å². The maximum absolute atomic E-state index is 12.8. The Morgan fingerprint density at radius 1 is 1.22 bits per heavy atom. The minimum absolute atomic E-state index is 0.0282. The summed E-state index contributed by atoms with van der Waals surface area (Å²) in [5, 5.41) is 0.646. The first-order valence-electron chi connectivity index (χ1n) is 9.37. The van der Waals surface area contributed by atoms with E-state index in [9.17, 15) is 4.79 Å². The highest BCUT2D eigenvalue weighted by Crippen LogP contribution is 2.21. The molecule has 0 bridgehead atoms. The van der Waals surface area contributed by atoms with Crippen molar-refractivity contribution < 1.29 is 4.74 Å². The molecule has 140 valence electrons. The van der Waals surface area contributed by atoms with Crippen molar-refractivity contribution in [3.63, 3.8) is 0 Å². The largest absolute Gasteiger partial charge is 0.497 e. The number of fused-ring (bicyclic) bond motifs is 1. The number of pyridine rings is 1. The van der Waals surface area contributed by atoms with Crippen LogP contribution in [0.25, 0.3) is 10.9 Å². The molecular weight excluding hydrogens is 340 g/mol. The fourth-order valence-corrected chi connectivity index (χ4v) is 3.75. The van der Waals surface area contributed by atoms with E-state index < -0.39 is 0 Å². The Hall–Kier alpha value is -2.73. The van der Waals surface area contributed by atoms with E-state index in [2.05, 4.69) is 20.9 Å². The molecule has 4 rings (SSSR count). The molecule has 1 saturated heterocycles. The average molecular weight is 364 g/mol. The Balaban J connectivity index is 1.40. The summed E-state index contributed by atoms with van der Waals surface area (Å²) in [5.74, 6) is 1.22. The molecule has 0 aliphatic carbocycles. The van der Waals surface area contributed by atoms with Crippen molar-refractivity contribution in [2.45, 2.75) is 25.9 Å². The van der Waals surface area contributed by atoms with Crippen LogP contribution in [-0.2, 0) is 13.1 Å². The molecule has 1 aromatic carbocycles. The Kier molecular flexibility index (Phi) is 5.16. The van der Waals surface area contributed by atoms with Gasteiger partial charge >= 0.3 is 0 Å². The van der Waals surface area contributed by atoms with Gasteiger partial charge in [0.05, 0.1) is 24.3 Å². The second-order valence-corrected chi connectivity index (χ2v) is 7.17. The monoisotopic (exact) mass is 364 g/mol. The number of piperidine rings is 1. The molecule has 0 N–H and O–H groups in total. The van der Waals surface area contributed by atoms with Crippen molar-refractivity contribution in [1.82, 2.24) is 19.4 Å². The lowest BCUT2D eigenvalue weighted by atomic mass is 9.96. The lowest BCUT2D eigenvalue weighted by molar-refractivity contribution is 0.166. The van der Waals surface area contributed by atoms with Gasteiger partial charge in [0.15, 0.2) is 0 Å². The molecule has 0 radical (unpaired) electrons. The number of methoxy groups -OCH3 is 1. The van der Waals surface area contributed by atoms with E-state index in [1.165, 1.54) is 5.56 Å². The van der Waals surface area contributed by atoms with Crippen LogP contribution in [0.15, 0.2) is 53.8 Å². The first kappa shape index (κ1) is 17.7. The minimum atomic E-state index is 0.0282. The van der Waals surface area contributed by atoms with Crippen molar-refractivity contribution in [2.75, 3.05) is 20.2 Å². The van der Waals surface area contributed by atoms with E-state index in [1.807, 2.05) is 18.3 Å². The molecule has 27 heavy (non-hydrogen) atoms. The van der Waals surface area contributed by atoms with Gasteiger partial charge in [-0.3, -0.25) is 19.2 Å². The summed E-state index contributed by atoms with van der Waals surface area (Å²) >= 11 is 0. The summed E-state index contributed by atoms with van der Waals surface area (Å²) in [6, 6.07) is 9.52. The molecule has 0 amide bonds. The number of nitrogens with zero attached hydrogens (tertiary/aromatic N) is 4. The van der Waals surface area contributed by atoms with Crippen molar-refractivity contribution in [1.29, 1.82) is 0 Å². The zero-order valence-electron chi connectivity index (χ0n) is 15.5. The van der Waals surface area contributed by atoms with Crippen molar-refractivity contribution >= 4 is 10.9 Å². The minimum Gasteiger partial charge on any atom is -0.497 e. The summed E-state index contributed by atoms with van der Waals surface area (Å²) in [7, 11) is 1.61. The van der Waals surface area contributed by atoms with Crippen LogP contribution >= 0.6 is 0 Å². The van der Waals surface area contributed by atoms with E-state index in [-0.39, 0.29) is 5.56 Å². The molecule has 6 heteroatoms. The number of ether oxygens (including phenoxy) is 1. The number of hydrogen-bond donors (Lipinski definition) is 0. The van der Waals surface area contributed by atoms with Crippen LogP contribution in [0.4, 0.5) is 0 Å². The highest BCUT2D eigenvalue weighted by atomic mass is 16.5. The number of hydrogen-bond acceptors (Lipinski definition) is 5. The van der Waals surface area contributed by atoms with E-state index in [4.69, 9.17) is 4.74 Å². The van der Waals surface area contributed by atoms with Crippen molar-refractivity contribution in [2.24, 2.45) is 5.92 Å². The predicted molar refractivity (Wildman–Crippen MR) is 105 cm³/mol. The average Bonchev–Trinajstić information content (AvgIpc) is 2.72. The third kappa shape index (κ3) is 4.01. The first-order chi connectivity index (χ1) is 13.2. The number of aromatic nitrogens is 3. The third-order valence-corrected chi connectivity index (χ3v) is 5.32. The fourth-order valence-electron chi connectivity index (χ4n) is 3.75. The molecule has 0 saturated carbocycles. The van der Waals surface area contributed by atoms with Crippen molar-refractivity contribution in [3.05, 3.63) is 65.0 Å². The molecule has 1 aliphatic heterocycles. The van der Waals surface area contributed by atoms with Gasteiger partial charge in [-0.05, 0) is 55.6 Å². The molecular formula is C21H24N4O2. The summed E-state index contributed by atoms with van der Waals surface area (Å²) in [4.78, 5) is 23.9. The van der Waals surface area contributed by atoms with E-state index >= 15 is 0 Å². The Morgan fingerprint density at radius 3 is 2.81 bits per heavy atom. The van der Waals surface area contributed by atoms with Gasteiger partial charge in [0.1, 0.15) is 5.75 Å².